The predicted molar refractivity (Wildman–Crippen MR) is 60.2 cm³/mol. The van der Waals surface area contributed by atoms with Crippen LogP contribution in [0.25, 0.3) is 0 Å². The van der Waals surface area contributed by atoms with Crippen LogP contribution in [-0.2, 0) is 11.2 Å². The summed E-state index contributed by atoms with van der Waals surface area (Å²) in [5, 5.41) is 2.99. The number of carbonyl (C=O) groups is 1. The van der Waals surface area contributed by atoms with Gasteiger partial charge in [-0.3, -0.25) is 4.79 Å². The zero-order valence-electron chi connectivity index (χ0n) is 9.00. The number of nitrogens with two attached hydrogens (primary N) is 1. The molecule has 1 aromatic carbocycles. The summed E-state index contributed by atoms with van der Waals surface area (Å²) in [7, 11) is 1.85. The zero-order chi connectivity index (χ0) is 11.0. The predicted octanol–water partition coefficient (Wildman–Crippen LogP) is 1.78. The third-order valence-electron chi connectivity index (χ3n) is 1.62. The van der Waals surface area contributed by atoms with Crippen molar-refractivity contribution in [2.45, 2.75) is 20.3 Å². The van der Waals surface area contributed by atoms with Gasteiger partial charge in [-0.05, 0) is 17.7 Å². The lowest BCUT2D eigenvalue weighted by molar-refractivity contribution is -0.117. The summed E-state index contributed by atoms with van der Waals surface area (Å²) in [6.45, 7) is 4.00. The maximum absolute atomic E-state index is 10.5. The molecule has 78 valence electrons. The van der Waals surface area contributed by atoms with Gasteiger partial charge in [0.15, 0.2) is 0 Å². The van der Waals surface area contributed by atoms with Gasteiger partial charge in [-0.15, -0.1) is 0 Å². The molecule has 0 unspecified atom stereocenters. The van der Waals surface area contributed by atoms with Crippen molar-refractivity contribution >= 4 is 11.6 Å². The van der Waals surface area contributed by atoms with Crippen LogP contribution in [0, 0.1) is 0 Å². The molecule has 0 aliphatic rings. The van der Waals surface area contributed by atoms with Crippen molar-refractivity contribution in [3.05, 3.63) is 29.8 Å². The van der Waals surface area contributed by atoms with E-state index in [1.165, 1.54) is 0 Å². The summed E-state index contributed by atoms with van der Waals surface area (Å²) in [5.74, 6) is -0.299. The molecule has 1 aromatic rings. The summed E-state index contributed by atoms with van der Waals surface area (Å²) in [6, 6.07) is 7.60. The molecule has 0 radical (unpaired) electrons. The lowest BCUT2D eigenvalue weighted by Crippen LogP contribution is -2.13. The van der Waals surface area contributed by atoms with Gasteiger partial charge >= 0.3 is 0 Å². The van der Waals surface area contributed by atoms with Gasteiger partial charge in [-0.25, -0.2) is 0 Å². The number of hydrogen-bond acceptors (Lipinski definition) is 2. The Morgan fingerprint density at radius 3 is 2.14 bits per heavy atom. The average Bonchev–Trinajstić information content (AvgIpc) is 2.21. The van der Waals surface area contributed by atoms with Crippen LogP contribution in [0.2, 0.25) is 0 Å². The number of nitrogens with one attached hydrogen (secondary N) is 1. The Hall–Kier alpha value is -1.51. The molecule has 3 nitrogen and oxygen atoms in total. The monoisotopic (exact) mass is 194 g/mol. The maximum atomic E-state index is 10.5. The lowest BCUT2D eigenvalue weighted by Gasteiger charge is -2.00. The van der Waals surface area contributed by atoms with Crippen LogP contribution in [0.5, 0.6) is 0 Å². The molecule has 0 spiro atoms. The molecule has 0 aliphatic carbocycles. The van der Waals surface area contributed by atoms with Crippen LogP contribution >= 0.6 is 0 Å². The number of hydrogen-bond donors (Lipinski definition) is 2. The van der Waals surface area contributed by atoms with E-state index in [2.05, 4.69) is 5.32 Å². The van der Waals surface area contributed by atoms with E-state index < -0.39 is 0 Å². The fourth-order valence-corrected chi connectivity index (χ4v) is 0.990. The molecule has 1 amide bonds. The van der Waals surface area contributed by atoms with Gasteiger partial charge in [-0.2, -0.15) is 0 Å². The number of primary amides is 1. The molecule has 0 atom stereocenters. The van der Waals surface area contributed by atoms with E-state index in [-0.39, 0.29) is 5.91 Å². The summed E-state index contributed by atoms with van der Waals surface area (Å²) in [5.41, 5.74) is 7.02. The first-order valence-electron chi connectivity index (χ1n) is 4.77. The number of anilines is 1. The Morgan fingerprint density at radius 1 is 1.29 bits per heavy atom. The summed E-state index contributed by atoms with van der Waals surface area (Å²) in [6.07, 6.45) is 0.310. The molecular weight excluding hydrogens is 176 g/mol. The Labute approximate surface area is 85.3 Å². The lowest BCUT2D eigenvalue weighted by atomic mass is 10.1. The van der Waals surface area contributed by atoms with E-state index in [1.54, 1.807) is 0 Å². The molecule has 1 rings (SSSR count). The van der Waals surface area contributed by atoms with Crippen LogP contribution < -0.4 is 11.1 Å². The van der Waals surface area contributed by atoms with Crippen molar-refractivity contribution < 1.29 is 4.79 Å². The fraction of sp³-hybridized carbons (Fsp3) is 0.364. The molecule has 3 N–H and O–H groups in total. The van der Waals surface area contributed by atoms with Crippen LogP contribution in [-0.4, -0.2) is 13.0 Å². The highest BCUT2D eigenvalue weighted by Crippen LogP contribution is 2.08. The minimum atomic E-state index is -0.299. The number of amides is 1. The topological polar surface area (TPSA) is 55.1 Å². The number of benzene rings is 1. The molecular formula is C11H18N2O. The van der Waals surface area contributed by atoms with E-state index in [0.717, 1.165) is 11.3 Å². The quantitative estimate of drug-likeness (QED) is 0.770. The molecule has 0 aliphatic heterocycles. The minimum Gasteiger partial charge on any atom is -0.388 e. The smallest absolute Gasteiger partial charge is 0.221 e. The van der Waals surface area contributed by atoms with Gasteiger partial charge in [0.1, 0.15) is 0 Å². The van der Waals surface area contributed by atoms with Crippen molar-refractivity contribution in [3.8, 4) is 0 Å². The van der Waals surface area contributed by atoms with E-state index in [1.807, 2.05) is 45.2 Å². The molecule has 0 aromatic heterocycles. The molecule has 0 saturated carbocycles. The Kier molecular flexibility index (Phi) is 6.20. The average molecular weight is 194 g/mol. The standard InChI is InChI=1S/C9H12N2O.C2H6/c1-11-8-4-2-7(3-5-8)6-9(10)12;1-2/h2-5,11H,6H2,1H3,(H2,10,12);1-2H3. The number of carbonyl (C=O) groups excluding carboxylic acids is 1. The third kappa shape index (κ3) is 4.50. The summed E-state index contributed by atoms with van der Waals surface area (Å²) < 4.78 is 0. The van der Waals surface area contributed by atoms with E-state index in [4.69, 9.17) is 5.73 Å². The molecule has 0 saturated heterocycles. The highest BCUT2D eigenvalue weighted by molar-refractivity contribution is 5.76. The summed E-state index contributed by atoms with van der Waals surface area (Å²) in [4.78, 5) is 10.5. The third-order valence-corrected chi connectivity index (χ3v) is 1.62. The largest absolute Gasteiger partial charge is 0.388 e. The highest BCUT2D eigenvalue weighted by Gasteiger charge is 1.96. The summed E-state index contributed by atoms with van der Waals surface area (Å²) >= 11 is 0. The number of rotatable bonds is 3. The van der Waals surface area contributed by atoms with Crippen LogP contribution in [0.15, 0.2) is 24.3 Å². The molecule has 0 heterocycles. The van der Waals surface area contributed by atoms with Crippen molar-refractivity contribution in [2.75, 3.05) is 12.4 Å². The zero-order valence-corrected chi connectivity index (χ0v) is 9.00. The SMILES string of the molecule is CC.CNc1ccc(CC(N)=O)cc1. The highest BCUT2D eigenvalue weighted by atomic mass is 16.1. The first-order chi connectivity index (χ1) is 6.72. The molecule has 14 heavy (non-hydrogen) atoms. The Balaban J connectivity index is 0.000000791. The Bertz CT molecular complexity index is 267. The molecule has 0 bridgehead atoms. The van der Waals surface area contributed by atoms with Gasteiger partial charge in [0, 0.05) is 12.7 Å². The normalized spacial score (nSPS) is 8.50. The van der Waals surface area contributed by atoms with Crippen molar-refractivity contribution in [1.29, 1.82) is 0 Å². The van der Waals surface area contributed by atoms with Gasteiger partial charge in [0.2, 0.25) is 5.91 Å². The van der Waals surface area contributed by atoms with Crippen molar-refractivity contribution in [1.82, 2.24) is 0 Å². The molecule has 3 heteroatoms. The second kappa shape index (κ2) is 6.95. The van der Waals surface area contributed by atoms with E-state index in [9.17, 15) is 4.79 Å². The van der Waals surface area contributed by atoms with Gasteiger partial charge in [0.25, 0.3) is 0 Å². The first kappa shape index (κ1) is 12.5. The van der Waals surface area contributed by atoms with Crippen LogP contribution in [0.3, 0.4) is 0 Å². The molecule has 0 fully saturated rings. The van der Waals surface area contributed by atoms with E-state index >= 15 is 0 Å². The minimum absolute atomic E-state index is 0.299. The Morgan fingerprint density at radius 2 is 1.79 bits per heavy atom. The first-order valence-corrected chi connectivity index (χ1v) is 4.77. The van der Waals surface area contributed by atoms with Crippen LogP contribution in [0.1, 0.15) is 19.4 Å². The van der Waals surface area contributed by atoms with Gasteiger partial charge < -0.3 is 11.1 Å². The fourth-order valence-electron chi connectivity index (χ4n) is 0.990. The maximum Gasteiger partial charge on any atom is 0.221 e. The van der Waals surface area contributed by atoms with Gasteiger partial charge in [0.05, 0.1) is 6.42 Å². The van der Waals surface area contributed by atoms with E-state index in [0.29, 0.717) is 6.42 Å². The van der Waals surface area contributed by atoms with Crippen LogP contribution in [0.4, 0.5) is 5.69 Å². The van der Waals surface area contributed by atoms with Gasteiger partial charge in [-0.1, -0.05) is 26.0 Å². The second-order valence-electron chi connectivity index (χ2n) is 2.59. The van der Waals surface area contributed by atoms with Crippen molar-refractivity contribution in [3.63, 3.8) is 0 Å². The van der Waals surface area contributed by atoms with Crippen molar-refractivity contribution in [2.24, 2.45) is 5.73 Å². The second-order valence-corrected chi connectivity index (χ2v) is 2.59.